The van der Waals surface area contributed by atoms with E-state index in [1.54, 1.807) is 35.6 Å². The Kier molecular flexibility index (Phi) is 5.84. The molecule has 0 spiro atoms. The molecule has 4 rings (SSSR count). The van der Waals surface area contributed by atoms with Crippen molar-refractivity contribution in [2.24, 2.45) is 0 Å². The molecule has 10 heteroatoms. The van der Waals surface area contributed by atoms with Gasteiger partial charge in [0.25, 0.3) is 0 Å². The number of carbonyl (C=O) groups excluding carboxylic acids is 2. The number of carbonyl (C=O) groups is 2. The molecule has 0 bridgehead atoms. The number of benzene rings is 1. The van der Waals surface area contributed by atoms with Gasteiger partial charge >= 0.3 is 11.8 Å². The summed E-state index contributed by atoms with van der Waals surface area (Å²) in [6.45, 7) is 0.462. The lowest BCUT2D eigenvalue weighted by molar-refractivity contribution is -0.136. The summed E-state index contributed by atoms with van der Waals surface area (Å²) in [4.78, 5) is 25.5. The lowest BCUT2D eigenvalue weighted by atomic mass is 10.0. The highest BCUT2D eigenvalue weighted by Crippen LogP contribution is 2.31. The van der Waals surface area contributed by atoms with Crippen molar-refractivity contribution in [1.29, 1.82) is 0 Å². The van der Waals surface area contributed by atoms with Gasteiger partial charge in [0.2, 0.25) is 10.0 Å². The normalized spacial score (nSPS) is 13.5. The molecule has 0 atom stereocenters. The summed E-state index contributed by atoms with van der Waals surface area (Å²) in [6, 6.07) is 12.4. The maximum atomic E-state index is 12.3. The molecule has 1 aliphatic rings. The smallest absolute Gasteiger partial charge is 0.313 e. The van der Waals surface area contributed by atoms with Crippen LogP contribution in [0.3, 0.4) is 0 Å². The lowest BCUT2D eigenvalue weighted by Gasteiger charge is -2.29. The third-order valence-electron chi connectivity index (χ3n) is 4.87. The van der Waals surface area contributed by atoms with E-state index in [1.165, 1.54) is 4.31 Å². The van der Waals surface area contributed by atoms with Crippen LogP contribution in [0.5, 0.6) is 0 Å². The number of nitrogens with one attached hydrogen (secondary N) is 2. The molecule has 0 radical (unpaired) electrons. The topological polar surface area (TPSA) is 109 Å². The van der Waals surface area contributed by atoms with Gasteiger partial charge in [0.15, 0.2) is 0 Å². The summed E-state index contributed by atoms with van der Waals surface area (Å²) in [6.07, 6.45) is 2.64. The second kappa shape index (κ2) is 8.56. The molecule has 2 aromatic heterocycles. The molecule has 1 aromatic carbocycles. The molecule has 31 heavy (non-hydrogen) atoms. The molecule has 0 unspecified atom stereocenters. The Bertz CT molecular complexity index is 1220. The SMILES string of the molecule is CS(=O)(=O)N1CCCc2ccc(NC(=O)C(=O)NCc3ccc(-c4cccs4)o3)cc21. The number of amides is 2. The number of nitrogens with zero attached hydrogens (tertiary/aromatic N) is 1. The van der Waals surface area contributed by atoms with Crippen molar-refractivity contribution in [2.75, 3.05) is 22.4 Å². The van der Waals surface area contributed by atoms with Gasteiger partial charge in [-0.15, -0.1) is 11.3 Å². The van der Waals surface area contributed by atoms with Gasteiger partial charge in [-0.05, 0) is 54.1 Å². The molecule has 3 aromatic rings. The van der Waals surface area contributed by atoms with Crippen molar-refractivity contribution in [2.45, 2.75) is 19.4 Å². The van der Waals surface area contributed by atoms with Gasteiger partial charge in [0.05, 0.1) is 23.4 Å². The Labute approximate surface area is 183 Å². The van der Waals surface area contributed by atoms with Crippen LogP contribution in [0.15, 0.2) is 52.3 Å². The van der Waals surface area contributed by atoms with Gasteiger partial charge in [0.1, 0.15) is 11.5 Å². The number of fused-ring (bicyclic) bond motifs is 1. The first-order chi connectivity index (χ1) is 14.8. The van der Waals surface area contributed by atoms with E-state index in [2.05, 4.69) is 10.6 Å². The molecule has 1 aliphatic heterocycles. The number of anilines is 2. The van der Waals surface area contributed by atoms with Crippen LogP contribution < -0.4 is 14.9 Å². The van der Waals surface area contributed by atoms with E-state index in [0.29, 0.717) is 29.4 Å². The average Bonchev–Trinajstić information content (AvgIpc) is 3.42. The van der Waals surface area contributed by atoms with Crippen molar-refractivity contribution >= 4 is 44.5 Å². The molecule has 0 saturated heterocycles. The molecule has 2 amide bonds. The Morgan fingerprint density at radius 3 is 2.74 bits per heavy atom. The first-order valence-electron chi connectivity index (χ1n) is 9.64. The van der Waals surface area contributed by atoms with Gasteiger partial charge in [0, 0.05) is 12.2 Å². The Hall–Kier alpha value is -3.11. The number of hydrogen-bond donors (Lipinski definition) is 2. The monoisotopic (exact) mass is 459 g/mol. The summed E-state index contributed by atoms with van der Waals surface area (Å²) >= 11 is 1.54. The highest BCUT2D eigenvalue weighted by Gasteiger charge is 2.25. The summed E-state index contributed by atoms with van der Waals surface area (Å²) in [5.74, 6) is -0.422. The van der Waals surface area contributed by atoms with Gasteiger partial charge in [-0.25, -0.2) is 8.42 Å². The predicted octanol–water partition coefficient (Wildman–Crippen LogP) is 2.98. The quantitative estimate of drug-likeness (QED) is 0.570. The van der Waals surface area contributed by atoms with Crippen LogP contribution >= 0.6 is 11.3 Å². The largest absolute Gasteiger partial charge is 0.458 e. The molecule has 3 heterocycles. The number of sulfonamides is 1. The highest BCUT2D eigenvalue weighted by molar-refractivity contribution is 7.92. The average molecular weight is 460 g/mol. The van der Waals surface area contributed by atoms with Gasteiger partial charge < -0.3 is 15.1 Å². The molecular formula is C21H21N3O5S2. The summed E-state index contributed by atoms with van der Waals surface area (Å²) in [5, 5.41) is 7.00. The first-order valence-corrected chi connectivity index (χ1v) is 12.4. The van der Waals surface area contributed by atoms with E-state index >= 15 is 0 Å². The van der Waals surface area contributed by atoms with E-state index in [4.69, 9.17) is 4.42 Å². The van der Waals surface area contributed by atoms with Crippen molar-refractivity contribution in [3.63, 3.8) is 0 Å². The van der Waals surface area contributed by atoms with Crippen molar-refractivity contribution < 1.29 is 22.4 Å². The minimum Gasteiger partial charge on any atom is -0.458 e. The zero-order chi connectivity index (χ0) is 22.0. The maximum Gasteiger partial charge on any atom is 0.313 e. The molecule has 0 aliphatic carbocycles. The number of rotatable bonds is 5. The summed E-state index contributed by atoms with van der Waals surface area (Å²) < 4.78 is 31.1. The van der Waals surface area contributed by atoms with Gasteiger partial charge in [-0.2, -0.15) is 0 Å². The molecule has 0 fully saturated rings. The van der Waals surface area contributed by atoms with E-state index in [-0.39, 0.29) is 6.54 Å². The van der Waals surface area contributed by atoms with Crippen LogP contribution in [-0.4, -0.2) is 33.0 Å². The molecular weight excluding hydrogens is 438 g/mol. The van der Waals surface area contributed by atoms with Crippen molar-refractivity contribution in [1.82, 2.24) is 5.32 Å². The van der Waals surface area contributed by atoms with Crippen LogP contribution in [0.1, 0.15) is 17.7 Å². The summed E-state index contributed by atoms with van der Waals surface area (Å²) in [5.41, 5.74) is 1.77. The van der Waals surface area contributed by atoms with Crippen molar-refractivity contribution in [3.8, 4) is 10.6 Å². The maximum absolute atomic E-state index is 12.3. The third-order valence-corrected chi connectivity index (χ3v) is 6.94. The zero-order valence-corrected chi connectivity index (χ0v) is 18.4. The second-order valence-corrected chi connectivity index (χ2v) is 10.0. The Balaban J connectivity index is 1.39. The number of furan rings is 1. The first kappa shape index (κ1) is 21.1. The number of thiophene rings is 1. The van der Waals surface area contributed by atoms with E-state index in [9.17, 15) is 18.0 Å². The standard InChI is InChI=1S/C21H21N3O5S2/c1-31(27,28)24-10-2-4-14-6-7-15(12-17(14)24)23-21(26)20(25)22-13-16-8-9-18(29-16)19-5-3-11-30-19/h3,5-9,11-12H,2,4,10,13H2,1H3,(H,22,25)(H,23,26). The second-order valence-electron chi connectivity index (χ2n) is 7.16. The minimum absolute atomic E-state index is 0.0731. The molecule has 0 saturated carbocycles. The fourth-order valence-corrected chi connectivity index (χ4v) is 5.10. The molecule has 162 valence electrons. The van der Waals surface area contributed by atoms with E-state index < -0.39 is 21.8 Å². The minimum atomic E-state index is -3.42. The van der Waals surface area contributed by atoms with Crippen LogP contribution in [0, 0.1) is 0 Å². The fourth-order valence-electron chi connectivity index (χ4n) is 3.42. The van der Waals surface area contributed by atoms with E-state index in [1.807, 2.05) is 23.6 Å². The summed E-state index contributed by atoms with van der Waals surface area (Å²) in [7, 11) is -3.42. The highest BCUT2D eigenvalue weighted by atomic mass is 32.2. The van der Waals surface area contributed by atoms with Crippen LogP contribution in [0.4, 0.5) is 11.4 Å². The van der Waals surface area contributed by atoms with Crippen LogP contribution in [0.2, 0.25) is 0 Å². The molecule has 8 nitrogen and oxygen atoms in total. The predicted molar refractivity (Wildman–Crippen MR) is 119 cm³/mol. The lowest BCUT2D eigenvalue weighted by Crippen LogP contribution is -2.36. The van der Waals surface area contributed by atoms with Crippen molar-refractivity contribution in [3.05, 3.63) is 59.2 Å². The third kappa shape index (κ3) is 4.80. The van der Waals surface area contributed by atoms with Crippen LogP contribution in [-0.2, 0) is 32.6 Å². The van der Waals surface area contributed by atoms with Gasteiger partial charge in [-0.3, -0.25) is 13.9 Å². The van der Waals surface area contributed by atoms with Crippen LogP contribution in [0.25, 0.3) is 10.6 Å². The molecule has 2 N–H and O–H groups in total. The fraction of sp³-hybridized carbons (Fsp3) is 0.238. The Morgan fingerprint density at radius 2 is 2.00 bits per heavy atom. The number of aryl methyl sites for hydroxylation is 1. The van der Waals surface area contributed by atoms with E-state index in [0.717, 1.165) is 29.5 Å². The number of hydrogen-bond acceptors (Lipinski definition) is 6. The van der Waals surface area contributed by atoms with Gasteiger partial charge in [-0.1, -0.05) is 12.1 Å². The Morgan fingerprint density at radius 1 is 1.16 bits per heavy atom. The zero-order valence-electron chi connectivity index (χ0n) is 16.8.